The maximum absolute atomic E-state index is 9.31. The van der Waals surface area contributed by atoms with Crippen LogP contribution in [-0.4, -0.2) is 6.61 Å². The Kier molecular flexibility index (Phi) is 4.21. The van der Waals surface area contributed by atoms with Crippen molar-refractivity contribution in [3.8, 4) is 0 Å². The number of hydrogen-bond donors (Lipinski definition) is 0. The van der Waals surface area contributed by atoms with Crippen LogP contribution in [0.4, 0.5) is 0 Å². The van der Waals surface area contributed by atoms with Gasteiger partial charge in [0.25, 0.3) is 0 Å². The standard InChI is InChI=1S/C5H11NO2/c1-5(2)3-4-8-6-7/h5H,3-4H2,1-2H3/i6+1. The van der Waals surface area contributed by atoms with Crippen molar-refractivity contribution in [2.75, 3.05) is 6.61 Å². The molecule has 0 spiro atoms. The molecule has 0 saturated heterocycles. The molecular formula is C5H11NO2. The lowest BCUT2D eigenvalue weighted by atomic mass is 10.1. The quantitative estimate of drug-likeness (QED) is 0.244. The van der Waals surface area contributed by atoms with Gasteiger partial charge in [-0.05, 0) is 12.3 Å². The molecule has 8 heavy (non-hydrogen) atoms. The van der Waals surface area contributed by atoms with E-state index in [0.717, 1.165) is 6.42 Å². The summed E-state index contributed by atoms with van der Waals surface area (Å²) in [4.78, 5) is 13.5. The zero-order valence-corrected chi connectivity index (χ0v) is 5.26. The fourth-order valence-electron chi connectivity index (χ4n) is 0.326. The Morgan fingerprint density at radius 1 is 1.62 bits per heavy atom. The molecule has 3 nitrogen and oxygen atoms in total. The van der Waals surface area contributed by atoms with E-state index >= 15 is 0 Å². The van der Waals surface area contributed by atoms with Crippen molar-refractivity contribution < 1.29 is 4.84 Å². The van der Waals surface area contributed by atoms with Gasteiger partial charge in [0.2, 0.25) is 0 Å². The van der Waals surface area contributed by atoms with Crippen LogP contribution in [0.3, 0.4) is 0 Å². The minimum absolute atomic E-state index is 0.446. The van der Waals surface area contributed by atoms with Crippen molar-refractivity contribution in [1.82, 2.24) is 0 Å². The average Bonchev–Trinajstić information content (AvgIpc) is 1.66. The van der Waals surface area contributed by atoms with Crippen molar-refractivity contribution in [2.24, 2.45) is 11.3 Å². The summed E-state index contributed by atoms with van der Waals surface area (Å²) >= 11 is 0. The van der Waals surface area contributed by atoms with Gasteiger partial charge in [-0.3, -0.25) is 0 Å². The molecule has 0 amide bonds. The van der Waals surface area contributed by atoms with E-state index in [1.54, 1.807) is 0 Å². The second kappa shape index (κ2) is 4.56. The van der Waals surface area contributed by atoms with Crippen molar-refractivity contribution >= 4 is 0 Å². The van der Waals surface area contributed by atoms with E-state index in [1.807, 2.05) is 0 Å². The fourth-order valence-corrected chi connectivity index (χ4v) is 0.326. The molecule has 0 rings (SSSR count). The van der Waals surface area contributed by atoms with E-state index in [0.29, 0.717) is 12.5 Å². The Balaban J connectivity index is 2.81. The third kappa shape index (κ3) is 5.40. The maximum Gasteiger partial charge on any atom is 0.155 e. The normalized spacial score (nSPS) is 9.38. The van der Waals surface area contributed by atoms with E-state index in [9.17, 15) is 4.91 Å². The van der Waals surface area contributed by atoms with Gasteiger partial charge in [0.05, 0.1) is 0 Å². The highest BCUT2D eigenvalue weighted by Gasteiger charge is 1.91. The van der Waals surface area contributed by atoms with Gasteiger partial charge in [-0.1, -0.05) is 13.8 Å². The first-order chi connectivity index (χ1) is 3.77. The maximum atomic E-state index is 9.31. The third-order valence-corrected chi connectivity index (χ3v) is 0.839. The molecule has 0 aromatic heterocycles. The summed E-state index contributed by atoms with van der Waals surface area (Å²) in [6, 6.07) is 0. The predicted molar refractivity (Wildman–Crippen MR) is 31.2 cm³/mol. The van der Waals surface area contributed by atoms with Crippen LogP contribution < -0.4 is 0 Å². The largest absolute Gasteiger partial charge is 0.364 e. The van der Waals surface area contributed by atoms with Crippen LogP contribution in [0.2, 0.25) is 0 Å². The molecule has 0 fully saturated rings. The molecule has 0 heterocycles. The third-order valence-electron chi connectivity index (χ3n) is 0.839. The highest BCUT2D eigenvalue weighted by atomic mass is 16.9. The summed E-state index contributed by atoms with van der Waals surface area (Å²) in [5.41, 5.74) is 0. The molecule has 0 saturated carbocycles. The minimum Gasteiger partial charge on any atom is -0.364 e. The van der Waals surface area contributed by atoms with E-state index in [4.69, 9.17) is 0 Å². The second-order valence-corrected chi connectivity index (χ2v) is 2.09. The summed E-state index contributed by atoms with van der Waals surface area (Å²) < 4.78 is 0. The molecule has 3 heteroatoms. The van der Waals surface area contributed by atoms with Gasteiger partial charge in [-0.25, -0.2) is 0 Å². The van der Waals surface area contributed by atoms with Gasteiger partial charge in [0.15, 0.2) is 5.34 Å². The molecule has 48 valence electrons. The monoisotopic (exact) mass is 118 g/mol. The van der Waals surface area contributed by atoms with Crippen LogP contribution >= 0.6 is 0 Å². The van der Waals surface area contributed by atoms with Crippen LogP contribution in [-0.2, 0) is 4.84 Å². The summed E-state index contributed by atoms with van der Waals surface area (Å²) in [6.45, 7) is 4.57. The zero-order valence-electron chi connectivity index (χ0n) is 5.26. The van der Waals surface area contributed by atoms with Gasteiger partial charge >= 0.3 is 0 Å². The van der Waals surface area contributed by atoms with E-state index in [2.05, 4.69) is 24.0 Å². The number of hydrogen-bond acceptors (Lipinski definition) is 3. The highest BCUT2D eigenvalue weighted by Crippen LogP contribution is 1.98. The first kappa shape index (κ1) is 7.40. The van der Waals surface area contributed by atoms with E-state index < -0.39 is 0 Å². The van der Waals surface area contributed by atoms with Crippen molar-refractivity contribution in [3.05, 3.63) is 4.91 Å². The van der Waals surface area contributed by atoms with Gasteiger partial charge in [-0.2, -0.15) is 0 Å². The van der Waals surface area contributed by atoms with Crippen molar-refractivity contribution in [3.63, 3.8) is 0 Å². The summed E-state index contributed by atoms with van der Waals surface area (Å²) in [5.74, 6) is 0.580. The number of nitrogens with zero attached hydrogens (tertiary/aromatic N) is 1. The second-order valence-electron chi connectivity index (χ2n) is 2.09. The molecular weight excluding hydrogens is 107 g/mol. The SMILES string of the molecule is CC(C)CCO[15N]=O. The molecule has 0 aromatic carbocycles. The molecule has 0 aliphatic carbocycles. The zero-order chi connectivity index (χ0) is 6.41. The highest BCUT2D eigenvalue weighted by molar-refractivity contribution is 4.40. The summed E-state index contributed by atoms with van der Waals surface area (Å²) in [6.07, 6.45) is 0.895. The van der Waals surface area contributed by atoms with Crippen molar-refractivity contribution in [1.29, 1.82) is 0 Å². The Bertz CT molecular complexity index is 63.4. The fraction of sp³-hybridized carbons (Fsp3) is 1.00. The van der Waals surface area contributed by atoms with Crippen LogP contribution in [0.1, 0.15) is 20.3 Å². The molecule has 0 aromatic rings. The van der Waals surface area contributed by atoms with E-state index in [1.165, 1.54) is 0 Å². The number of rotatable bonds is 4. The van der Waals surface area contributed by atoms with Gasteiger partial charge < -0.3 is 4.84 Å². The average molecular weight is 118 g/mol. The Labute approximate surface area is 49.0 Å². The smallest absolute Gasteiger partial charge is 0.155 e. The van der Waals surface area contributed by atoms with Gasteiger partial charge in [0.1, 0.15) is 6.61 Å². The van der Waals surface area contributed by atoms with Gasteiger partial charge in [-0.15, -0.1) is 4.91 Å². The van der Waals surface area contributed by atoms with Crippen LogP contribution in [0.25, 0.3) is 0 Å². The molecule has 0 aliphatic rings. The lowest BCUT2D eigenvalue weighted by Crippen LogP contribution is -1.93. The topological polar surface area (TPSA) is 38.7 Å². The first-order valence-electron chi connectivity index (χ1n) is 2.72. The summed E-state index contributed by atoms with van der Waals surface area (Å²) in [5, 5.41) is 2.26. The van der Waals surface area contributed by atoms with Gasteiger partial charge in [0, 0.05) is 0 Å². The Morgan fingerprint density at radius 2 is 2.25 bits per heavy atom. The molecule has 0 radical (unpaired) electrons. The first-order valence-corrected chi connectivity index (χ1v) is 2.72. The lowest BCUT2D eigenvalue weighted by molar-refractivity contribution is 0.128. The molecule has 0 aliphatic heterocycles. The Hall–Kier alpha value is -0.600. The predicted octanol–water partition coefficient (Wildman–Crippen LogP) is 1.73. The summed E-state index contributed by atoms with van der Waals surface area (Å²) in [7, 11) is 0. The minimum atomic E-state index is 0.446. The molecule has 0 bridgehead atoms. The molecule has 0 unspecified atom stereocenters. The van der Waals surface area contributed by atoms with Crippen molar-refractivity contribution in [2.45, 2.75) is 20.3 Å². The van der Waals surface area contributed by atoms with Crippen LogP contribution in [0, 0.1) is 10.8 Å². The van der Waals surface area contributed by atoms with E-state index in [-0.39, 0.29) is 0 Å². The van der Waals surface area contributed by atoms with Crippen LogP contribution in [0.15, 0.2) is 5.34 Å². The van der Waals surface area contributed by atoms with Crippen LogP contribution in [0.5, 0.6) is 0 Å². The molecule has 0 N–H and O–H groups in total. The molecule has 0 atom stereocenters. The lowest BCUT2D eigenvalue weighted by Gasteiger charge is -1.98. The Morgan fingerprint density at radius 3 is 2.62 bits per heavy atom.